The molecule has 0 radical (unpaired) electrons. The molecule has 1 aliphatic rings. The van der Waals surface area contributed by atoms with Gasteiger partial charge in [-0.25, -0.2) is 0 Å². The van der Waals surface area contributed by atoms with Crippen LogP contribution >= 0.6 is 0 Å². The Hall–Kier alpha value is -1.31. The van der Waals surface area contributed by atoms with Crippen molar-refractivity contribution in [3.8, 4) is 0 Å². The number of hydrogen-bond donors (Lipinski definition) is 0. The van der Waals surface area contributed by atoms with Crippen molar-refractivity contribution in [3.05, 3.63) is 29.3 Å². The largest absolute Gasteiger partial charge is 0.312 e. The summed E-state index contributed by atoms with van der Waals surface area (Å²) < 4.78 is 0. The lowest BCUT2D eigenvalue weighted by Crippen LogP contribution is -2.29. The molecular weight excluding hydrogens is 198 g/mol. The summed E-state index contributed by atoms with van der Waals surface area (Å²) in [7, 11) is 0. The topological polar surface area (TPSA) is 20.3 Å². The normalized spacial score (nSPS) is 14.4. The number of fused-ring (bicyclic) bond motifs is 1. The zero-order valence-electron chi connectivity index (χ0n) is 10.3. The number of amides is 1. The maximum Gasteiger partial charge on any atom is 0.227 e. The van der Waals surface area contributed by atoms with Crippen LogP contribution in [-0.4, -0.2) is 12.5 Å². The van der Waals surface area contributed by atoms with Gasteiger partial charge in [0.05, 0.1) is 0 Å². The van der Waals surface area contributed by atoms with Crippen molar-refractivity contribution < 1.29 is 4.79 Å². The van der Waals surface area contributed by atoms with Crippen LogP contribution < -0.4 is 4.90 Å². The minimum atomic E-state index is 0.262. The van der Waals surface area contributed by atoms with Gasteiger partial charge in [0.1, 0.15) is 0 Å². The molecule has 2 heteroatoms. The zero-order chi connectivity index (χ0) is 11.7. The number of hydrogen-bond acceptors (Lipinski definition) is 1. The van der Waals surface area contributed by atoms with Crippen LogP contribution in [0.4, 0.5) is 5.69 Å². The molecule has 2 rings (SSSR count). The second-order valence-corrected chi connectivity index (χ2v) is 5.03. The Bertz CT molecular complexity index is 409. The Balaban J connectivity index is 2.20. The van der Waals surface area contributed by atoms with E-state index in [-0.39, 0.29) is 5.91 Å². The number of aryl methyl sites for hydroxylation is 1. The number of rotatable bonds is 2. The molecule has 0 N–H and O–H groups in total. The first-order valence-corrected chi connectivity index (χ1v) is 5.98. The van der Waals surface area contributed by atoms with E-state index < -0.39 is 0 Å². The lowest BCUT2D eigenvalue weighted by molar-refractivity contribution is -0.119. The molecule has 1 heterocycles. The van der Waals surface area contributed by atoms with Crippen LogP contribution in [0.1, 0.15) is 31.4 Å². The predicted molar refractivity (Wildman–Crippen MR) is 66.7 cm³/mol. The summed E-state index contributed by atoms with van der Waals surface area (Å²) in [6.45, 7) is 7.12. The minimum absolute atomic E-state index is 0.262. The van der Waals surface area contributed by atoms with Gasteiger partial charge in [0, 0.05) is 18.7 Å². The monoisotopic (exact) mass is 217 g/mol. The van der Waals surface area contributed by atoms with Crippen molar-refractivity contribution in [1.82, 2.24) is 0 Å². The summed E-state index contributed by atoms with van der Waals surface area (Å²) in [5.41, 5.74) is 3.71. The van der Waals surface area contributed by atoms with Crippen molar-refractivity contribution >= 4 is 11.6 Å². The van der Waals surface area contributed by atoms with Crippen LogP contribution in [0.15, 0.2) is 18.2 Å². The number of nitrogens with zero attached hydrogens (tertiary/aromatic N) is 1. The molecule has 0 saturated carbocycles. The second kappa shape index (κ2) is 4.28. The summed E-state index contributed by atoms with van der Waals surface area (Å²) in [6, 6.07) is 6.35. The van der Waals surface area contributed by atoms with E-state index in [9.17, 15) is 4.79 Å². The maximum absolute atomic E-state index is 12.0. The van der Waals surface area contributed by atoms with Gasteiger partial charge in [-0.3, -0.25) is 4.79 Å². The van der Waals surface area contributed by atoms with Gasteiger partial charge in [0.15, 0.2) is 0 Å². The van der Waals surface area contributed by atoms with Crippen LogP contribution in [0.25, 0.3) is 0 Å². The molecule has 1 aromatic rings. The van der Waals surface area contributed by atoms with Crippen LogP contribution in [0.5, 0.6) is 0 Å². The third kappa shape index (κ3) is 2.11. The van der Waals surface area contributed by atoms with E-state index >= 15 is 0 Å². The van der Waals surface area contributed by atoms with Crippen molar-refractivity contribution in [3.63, 3.8) is 0 Å². The van der Waals surface area contributed by atoms with Crippen LogP contribution in [0, 0.1) is 12.8 Å². The Morgan fingerprint density at radius 2 is 2.19 bits per heavy atom. The van der Waals surface area contributed by atoms with Gasteiger partial charge in [-0.1, -0.05) is 31.5 Å². The predicted octanol–water partition coefficient (Wildman–Crippen LogP) is 2.93. The molecule has 0 unspecified atom stereocenters. The SMILES string of the molecule is Cc1ccc2c(c1)CCN2C(=O)CC(C)C. The third-order valence-electron chi connectivity index (χ3n) is 3.01. The quantitative estimate of drug-likeness (QED) is 0.746. The number of carbonyl (C=O) groups excluding carboxylic acids is 1. The molecule has 2 nitrogen and oxygen atoms in total. The minimum Gasteiger partial charge on any atom is -0.312 e. The highest BCUT2D eigenvalue weighted by atomic mass is 16.2. The highest BCUT2D eigenvalue weighted by Crippen LogP contribution is 2.29. The summed E-state index contributed by atoms with van der Waals surface area (Å²) >= 11 is 0. The standard InChI is InChI=1S/C14H19NO/c1-10(2)8-14(16)15-7-6-12-9-11(3)4-5-13(12)15/h4-5,9-10H,6-8H2,1-3H3. The highest BCUT2D eigenvalue weighted by molar-refractivity contribution is 5.95. The number of carbonyl (C=O) groups is 1. The average Bonchev–Trinajstić information content (AvgIpc) is 2.59. The molecule has 0 saturated heterocycles. The molecule has 0 aliphatic carbocycles. The molecule has 1 aromatic carbocycles. The Labute approximate surface area is 97.3 Å². The molecule has 0 aromatic heterocycles. The molecule has 86 valence electrons. The van der Waals surface area contributed by atoms with E-state index in [1.807, 2.05) is 4.90 Å². The molecule has 0 bridgehead atoms. The van der Waals surface area contributed by atoms with E-state index in [0.29, 0.717) is 12.3 Å². The number of benzene rings is 1. The van der Waals surface area contributed by atoms with Crippen molar-refractivity contribution in [1.29, 1.82) is 0 Å². The van der Waals surface area contributed by atoms with Crippen LogP contribution in [-0.2, 0) is 11.2 Å². The first-order chi connectivity index (χ1) is 7.58. The number of anilines is 1. The van der Waals surface area contributed by atoms with Crippen molar-refractivity contribution in [2.45, 2.75) is 33.6 Å². The van der Waals surface area contributed by atoms with E-state index in [0.717, 1.165) is 18.7 Å². The second-order valence-electron chi connectivity index (χ2n) is 5.03. The molecule has 0 fully saturated rings. The summed E-state index contributed by atoms with van der Waals surface area (Å²) in [4.78, 5) is 14.0. The van der Waals surface area contributed by atoms with Gasteiger partial charge in [-0.15, -0.1) is 0 Å². The Morgan fingerprint density at radius 3 is 2.88 bits per heavy atom. The molecule has 1 amide bonds. The van der Waals surface area contributed by atoms with Gasteiger partial charge < -0.3 is 4.90 Å². The van der Waals surface area contributed by atoms with Crippen LogP contribution in [0.3, 0.4) is 0 Å². The van der Waals surface area contributed by atoms with Gasteiger partial charge in [-0.2, -0.15) is 0 Å². The van der Waals surface area contributed by atoms with E-state index in [1.54, 1.807) is 0 Å². The summed E-state index contributed by atoms with van der Waals surface area (Å²) in [6.07, 6.45) is 1.65. The Kier molecular flexibility index (Phi) is 2.99. The average molecular weight is 217 g/mol. The third-order valence-corrected chi connectivity index (χ3v) is 3.01. The molecular formula is C14H19NO. The smallest absolute Gasteiger partial charge is 0.227 e. The fraction of sp³-hybridized carbons (Fsp3) is 0.500. The van der Waals surface area contributed by atoms with Crippen molar-refractivity contribution in [2.24, 2.45) is 5.92 Å². The van der Waals surface area contributed by atoms with E-state index in [1.165, 1.54) is 11.1 Å². The fourth-order valence-corrected chi connectivity index (χ4v) is 2.25. The molecule has 0 atom stereocenters. The van der Waals surface area contributed by atoms with Gasteiger partial charge >= 0.3 is 0 Å². The summed E-state index contributed by atoms with van der Waals surface area (Å²) in [5, 5.41) is 0. The lowest BCUT2D eigenvalue weighted by Gasteiger charge is -2.18. The van der Waals surface area contributed by atoms with Gasteiger partial charge in [0.25, 0.3) is 0 Å². The first kappa shape index (κ1) is 11.2. The molecule has 0 spiro atoms. The van der Waals surface area contributed by atoms with E-state index in [4.69, 9.17) is 0 Å². The van der Waals surface area contributed by atoms with Crippen molar-refractivity contribution in [2.75, 3.05) is 11.4 Å². The summed E-state index contributed by atoms with van der Waals surface area (Å²) in [5.74, 6) is 0.694. The lowest BCUT2D eigenvalue weighted by atomic mass is 10.1. The first-order valence-electron chi connectivity index (χ1n) is 5.98. The van der Waals surface area contributed by atoms with Crippen LogP contribution in [0.2, 0.25) is 0 Å². The molecule has 16 heavy (non-hydrogen) atoms. The fourth-order valence-electron chi connectivity index (χ4n) is 2.25. The maximum atomic E-state index is 12.0. The van der Waals surface area contributed by atoms with Gasteiger partial charge in [0.2, 0.25) is 5.91 Å². The zero-order valence-corrected chi connectivity index (χ0v) is 10.3. The Morgan fingerprint density at radius 1 is 1.44 bits per heavy atom. The highest BCUT2D eigenvalue weighted by Gasteiger charge is 2.24. The van der Waals surface area contributed by atoms with E-state index in [2.05, 4.69) is 39.0 Å². The molecule has 1 aliphatic heterocycles. The van der Waals surface area contributed by atoms with Gasteiger partial charge in [-0.05, 0) is 30.9 Å².